The van der Waals surface area contributed by atoms with Gasteiger partial charge in [-0.2, -0.15) is 9.97 Å². The van der Waals surface area contributed by atoms with Crippen molar-refractivity contribution in [3.63, 3.8) is 0 Å². The van der Waals surface area contributed by atoms with Gasteiger partial charge in [0.15, 0.2) is 12.4 Å². The molecule has 4 aromatic rings. The van der Waals surface area contributed by atoms with Crippen LogP contribution < -0.4 is 20.3 Å². The minimum Gasteiger partial charge on any atom is -0.444 e. The summed E-state index contributed by atoms with van der Waals surface area (Å²) in [5.41, 5.74) is 2.85. The zero-order valence-electron chi connectivity index (χ0n) is 26.4. The molecule has 0 spiro atoms. The maximum absolute atomic E-state index is 12.2. The second-order valence-electron chi connectivity index (χ2n) is 11.1. The van der Waals surface area contributed by atoms with Crippen molar-refractivity contribution in [1.29, 1.82) is 0 Å². The lowest BCUT2D eigenvalue weighted by Crippen LogP contribution is -2.35. The van der Waals surface area contributed by atoms with E-state index in [-0.39, 0.29) is 42.4 Å². The van der Waals surface area contributed by atoms with Crippen molar-refractivity contribution in [2.24, 2.45) is 0 Å². The van der Waals surface area contributed by atoms with Gasteiger partial charge in [0, 0.05) is 68.8 Å². The largest absolute Gasteiger partial charge is 0.444 e. The molecule has 2 amide bonds. The molecule has 0 aliphatic carbocycles. The normalized spacial score (nSPS) is 14.2. The first-order chi connectivity index (χ1) is 22.2. The van der Waals surface area contributed by atoms with Crippen LogP contribution in [0.25, 0.3) is 11.0 Å². The average molecular weight is 626 g/mol. The van der Waals surface area contributed by atoms with E-state index in [4.69, 9.17) is 14.5 Å². The van der Waals surface area contributed by atoms with Gasteiger partial charge in [0.1, 0.15) is 5.75 Å². The maximum atomic E-state index is 12.2. The lowest BCUT2D eigenvalue weighted by molar-refractivity contribution is -0.147. The highest BCUT2D eigenvalue weighted by atomic mass is 16.5. The Kier molecular flexibility index (Phi) is 10.2. The number of hydrogen-bond donors (Lipinski definition) is 2. The number of rotatable bonds is 13. The SMILES string of the molecule is C=CC(=O)Nc1cccc(Oc2nc(Nc3ccc(N(C)C4CCN(C(C)=O)C4)cc3)nc3c2ccn3COC(=O)CCCC)c1. The number of benzene rings is 2. The number of nitrogens with one attached hydrogen (secondary N) is 2. The van der Waals surface area contributed by atoms with E-state index in [1.165, 1.54) is 6.08 Å². The van der Waals surface area contributed by atoms with Crippen molar-refractivity contribution < 1.29 is 23.9 Å². The number of likely N-dealkylation sites (tertiary alicyclic amines) is 1. The lowest BCUT2D eigenvalue weighted by Gasteiger charge is -2.27. The van der Waals surface area contributed by atoms with Crippen molar-refractivity contribution in [3.05, 3.63) is 73.4 Å². The van der Waals surface area contributed by atoms with Crippen LogP contribution in [0.5, 0.6) is 11.6 Å². The highest BCUT2D eigenvalue weighted by molar-refractivity contribution is 5.99. The quantitative estimate of drug-likeness (QED) is 0.139. The first-order valence-electron chi connectivity index (χ1n) is 15.3. The number of aromatic nitrogens is 3. The Balaban J connectivity index is 1.39. The number of amides is 2. The number of unbranched alkanes of at least 4 members (excludes halogenated alkanes) is 1. The molecule has 12 heteroatoms. The molecule has 46 heavy (non-hydrogen) atoms. The predicted molar refractivity (Wildman–Crippen MR) is 177 cm³/mol. The highest BCUT2D eigenvalue weighted by Gasteiger charge is 2.27. The van der Waals surface area contributed by atoms with Gasteiger partial charge < -0.3 is 29.9 Å². The van der Waals surface area contributed by atoms with E-state index >= 15 is 0 Å². The van der Waals surface area contributed by atoms with Crippen LogP contribution in [0.1, 0.15) is 39.5 Å². The van der Waals surface area contributed by atoms with Gasteiger partial charge in [0.2, 0.25) is 23.6 Å². The van der Waals surface area contributed by atoms with Crippen LogP contribution in [-0.2, 0) is 25.9 Å². The Labute approximate surface area is 268 Å². The molecule has 12 nitrogen and oxygen atoms in total. The highest BCUT2D eigenvalue weighted by Crippen LogP contribution is 2.32. The van der Waals surface area contributed by atoms with Gasteiger partial charge in [0.25, 0.3) is 0 Å². The molecule has 0 bridgehead atoms. The van der Waals surface area contributed by atoms with Gasteiger partial charge in [-0.25, -0.2) is 0 Å². The van der Waals surface area contributed by atoms with Crippen LogP contribution >= 0.6 is 0 Å². The number of carbonyl (C=O) groups excluding carboxylic acids is 3. The minimum atomic E-state index is -0.336. The number of likely N-dealkylation sites (N-methyl/N-ethyl adjacent to an activating group) is 1. The standard InChI is InChI=1S/C34H39N7O5/c1-5-7-11-31(44)45-22-41-19-17-29-32(41)37-34(38-33(29)46-28-10-8-9-25(20-28)35-30(43)6-2)36-24-12-14-26(15-13-24)39(4)27-16-18-40(21-27)23(3)42/h6,8-10,12-15,17,19-20,27H,2,5,7,11,16,18,21-22H2,1,3-4H3,(H,35,43)(H,36,37,38). The van der Waals surface area contributed by atoms with E-state index in [9.17, 15) is 14.4 Å². The molecule has 1 aliphatic heterocycles. The molecule has 2 N–H and O–H groups in total. The number of nitrogens with zero attached hydrogens (tertiary/aromatic N) is 5. The molecule has 1 fully saturated rings. The lowest BCUT2D eigenvalue weighted by atomic mass is 10.2. The summed E-state index contributed by atoms with van der Waals surface area (Å²) in [6.07, 6.45) is 5.90. The Hall–Kier alpha value is -5.39. The van der Waals surface area contributed by atoms with Gasteiger partial charge >= 0.3 is 5.97 Å². The molecule has 0 radical (unpaired) electrons. The van der Waals surface area contributed by atoms with Crippen molar-refractivity contribution >= 4 is 51.8 Å². The number of esters is 1. The van der Waals surface area contributed by atoms with Crippen LogP contribution in [0.15, 0.2) is 73.4 Å². The summed E-state index contributed by atoms with van der Waals surface area (Å²) >= 11 is 0. The summed E-state index contributed by atoms with van der Waals surface area (Å²) in [5.74, 6) is 0.505. The second kappa shape index (κ2) is 14.6. The number of carbonyl (C=O) groups is 3. The molecule has 1 atom stereocenters. The third-order valence-corrected chi connectivity index (χ3v) is 7.87. The van der Waals surface area contributed by atoms with Crippen LogP contribution in [0.4, 0.5) is 23.0 Å². The topological polar surface area (TPSA) is 131 Å². The maximum Gasteiger partial charge on any atom is 0.307 e. The van der Waals surface area contributed by atoms with Gasteiger partial charge in [-0.1, -0.05) is 26.0 Å². The van der Waals surface area contributed by atoms with E-state index < -0.39 is 0 Å². The first kappa shape index (κ1) is 32.0. The number of ether oxygens (including phenoxy) is 2. The molecular weight excluding hydrogens is 586 g/mol. The molecular formula is C34H39N7O5. The second-order valence-corrected chi connectivity index (χ2v) is 11.1. The Bertz CT molecular complexity index is 1720. The Morgan fingerprint density at radius 3 is 2.63 bits per heavy atom. The molecule has 0 saturated carbocycles. The molecule has 2 aromatic carbocycles. The summed E-state index contributed by atoms with van der Waals surface area (Å²) < 4.78 is 13.5. The van der Waals surface area contributed by atoms with Crippen LogP contribution in [0, 0.1) is 0 Å². The molecule has 1 unspecified atom stereocenters. The van der Waals surface area contributed by atoms with Gasteiger partial charge in [-0.3, -0.25) is 19.0 Å². The van der Waals surface area contributed by atoms with Crippen molar-refractivity contribution in [2.45, 2.75) is 52.3 Å². The summed E-state index contributed by atoms with van der Waals surface area (Å²) in [7, 11) is 2.04. The molecule has 5 rings (SSSR count). The first-order valence-corrected chi connectivity index (χ1v) is 15.3. The summed E-state index contributed by atoms with van der Waals surface area (Å²) in [6, 6.07) is 16.9. The number of anilines is 4. The Morgan fingerprint density at radius 1 is 1.11 bits per heavy atom. The third-order valence-electron chi connectivity index (χ3n) is 7.87. The van der Waals surface area contributed by atoms with E-state index in [0.29, 0.717) is 35.4 Å². The van der Waals surface area contributed by atoms with Crippen molar-refractivity contribution in [3.8, 4) is 11.6 Å². The average Bonchev–Trinajstić information content (AvgIpc) is 3.71. The minimum absolute atomic E-state index is 0.00569. The fraction of sp³-hybridized carbons (Fsp3) is 0.324. The molecule has 1 aliphatic rings. The van der Waals surface area contributed by atoms with E-state index in [1.54, 1.807) is 48.0 Å². The Morgan fingerprint density at radius 2 is 1.91 bits per heavy atom. The van der Waals surface area contributed by atoms with Crippen LogP contribution in [-0.4, -0.2) is 63.4 Å². The fourth-order valence-electron chi connectivity index (χ4n) is 5.22. The molecule has 240 valence electrons. The third kappa shape index (κ3) is 7.81. The summed E-state index contributed by atoms with van der Waals surface area (Å²) in [4.78, 5) is 49.3. The molecule has 3 heterocycles. The summed E-state index contributed by atoms with van der Waals surface area (Å²) in [5, 5.41) is 6.61. The smallest absolute Gasteiger partial charge is 0.307 e. The van der Waals surface area contributed by atoms with E-state index in [0.717, 1.165) is 37.2 Å². The van der Waals surface area contributed by atoms with Gasteiger partial charge in [-0.05, 0) is 61.4 Å². The molecule has 1 saturated heterocycles. The zero-order chi connectivity index (χ0) is 32.6. The van der Waals surface area contributed by atoms with Crippen molar-refractivity contribution in [1.82, 2.24) is 19.4 Å². The van der Waals surface area contributed by atoms with Crippen molar-refractivity contribution in [2.75, 3.05) is 35.7 Å². The summed E-state index contributed by atoms with van der Waals surface area (Å²) in [6.45, 7) is 8.59. The van der Waals surface area contributed by atoms with E-state index in [2.05, 4.69) is 27.1 Å². The fourth-order valence-corrected chi connectivity index (χ4v) is 5.22. The van der Waals surface area contributed by atoms with E-state index in [1.807, 2.05) is 43.1 Å². The van der Waals surface area contributed by atoms with Crippen LogP contribution in [0.2, 0.25) is 0 Å². The monoisotopic (exact) mass is 625 g/mol. The van der Waals surface area contributed by atoms with Gasteiger partial charge in [0.05, 0.1) is 5.39 Å². The number of hydrogen-bond acceptors (Lipinski definition) is 9. The predicted octanol–water partition coefficient (Wildman–Crippen LogP) is 5.84. The van der Waals surface area contributed by atoms with Crippen LogP contribution in [0.3, 0.4) is 0 Å². The van der Waals surface area contributed by atoms with Gasteiger partial charge in [-0.15, -0.1) is 0 Å². The zero-order valence-corrected chi connectivity index (χ0v) is 26.4. The number of fused-ring (bicyclic) bond motifs is 1. The molecule has 2 aromatic heterocycles.